The van der Waals surface area contributed by atoms with Gasteiger partial charge in [0, 0.05) is 18.2 Å². The van der Waals surface area contributed by atoms with Gasteiger partial charge in [0.15, 0.2) is 0 Å². The van der Waals surface area contributed by atoms with E-state index in [1.165, 1.54) is 12.8 Å². The minimum atomic E-state index is -5.08. The highest BCUT2D eigenvalue weighted by Crippen LogP contribution is 2.34. The number of nitrogens with zero attached hydrogens (tertiary/aromatic N) is 4. The summed E-state index contributed by atoms with van der Waals surface area (Å²) in [6.07, 6.45) is -1.69. The smallest absolute Gasteiger partial charge is 0.475 e. The van der Waals surface area contributed by atoms with Crippen LogP contribution in [-0.2, 0) is 4.79 Å². The molecule has 2 aromatic rings. The van der Waals surface area contributed by atoms with E-state index in [0.29, 0.717) is 29.5 Å². The molecule has 0 radical (unpaired) electrons. The highest BCUT2D eigenvalue weighted by Gasteiger charge is 2.38. The molecule has 1 atom stereocenters. The van der Waals surface area contributed by atoms with Crippen molar-refractivity contribution in [1.82, 2.24) is 9.88 Å². The Labute approximate surface area is 195 Å². The van der Waals surface area contributed by atoms with Gasteiger partial charge in [-0.25, -0.2) is 9.78 Å². The molecular weight excluding hydrogens is 449 g/mol. The number of aromatic nitrogens is 1. The molecular formula is C23H25F3N6O2. The molecule has 180 valence electrons. The number of pyridine rings is 1. The molecule has 1 saturated heterocycles. The molecule has 0 saturated carbocycles. The number of halogens is 3. The second kappa shape index (κ2) is 11.3. The van der Waals surface area contributed by atoms with Gasteiger partial charge in [-0.2, -0.15) is 23.7 Å². The molecule has 3 rings (SSSR count). The minimum absolute atomic E-state index is 0.146. The average Bonchev–Trinajstić information content (AvgIpc) is 3.18. The topological polar surface area (TPSA) is 139 Å². The van der Waals surface area contributed by atoms with Crippen molar-refractivity contribution < 1.29 is 23.1 Å². The van der Waals surface area contributed by atoms with Crippen LogP contribution in [0.4, 0.5) is 24.8 Å². The Hall–Kier alpha value is -3.83. The van der Waals surface area contributed by atoms with E-state index in [1.54, 1.807) is 0 Å². The number of nitrogens with one attached hydrogen (secondary N) is 1. The number of alkyl halides is 3. The maximum absolute atomic E-state index is 10.6. The number of aliphatic carboxylic acids is 1. The number of carboxylic acids is 1. The summed E-state index contributed by atoms with van der Waals surface area (Å²) in [5.41, 5.74) is 9.11. The second-order valence-electron chi connectivity index (χ2n) is 7.86. The fourth-order valence-corrected chi connectivity index (χ4v) is 3.66. The summed E-state index contributed by atoms with van der Waals surface area (Å²) >= 11 is 0. The highest BCUT2D eigenvalue weighted by molar-refractivity contribution is 5.85. The van der Waals surface area contributed by atoms with Crippen LogP contribution in [0.5, 0.6) is 0 Å². The average molecular weight is 474 g/mol. The third-order valence-corrected chi connectivity index (χ3v) is 5.47. The van der Waals surface area contributed by atoms with E-state index in [1.807, 2.05) is 31.2 Å². The van der Waals surface area contributed by atoms with Gasteiger partial charge in [0.05, 0.1) is 0 Å². The van der Waals surface area contributed by atoms with Gasteiger partial charge in [-0.1, -0.05) is 29.8 Å². The lowest BCUT2D eigenvalue weighted by atomic mass is 9.95. The number of nitrogen functional groups attached to an aromatic ring is 1. The molecule has 4 N–H and O–H groups in total. The third-order valence-electron chi connectivity index (χ3n) is 5.47. The molecule has 2 heterocycles. The number of anilines is 2. The molecule has 11 heteroatoms. The van der Waals surface area contributed by atoms with E-state index in [2.05, 4.69) is 34.4 Å². The first-order chi connectivity index (χ1) is 16.0. The van der Waals surface area contributed by atoms with E-state index in [-0.39, 0.29) is 11.4 Å². The molecule has 1 unspecified atom stereocenters. The molecule has 0 amide bonds. The molecule has 1 aromatic heterocycles. The van der Waals surface area contributed by atoms with Gasteiger partial charge in [0.1, 0.15) is 34.9 Å². The molecule has 1 aliphatic rings. The molecule has 0 aliphatic carbocycles. The number of carboxylic acid groups (broad SMARTS) is 1. The van der Waals surface area contributed by atoms with Crippen molar-refractivity contribution in [2.45, 2.75) is 38.4 Å². The van der Waals surface area contributed by atoms with Gasteiger partial charge in [-0.15, -0.1) is 0 Å². The molecule has 0 bridgehead atoms. The van der Waals surface area contributed by atoms with Crippen LogP contribution < -0.4 is 11.1 Å². The maximum Gasteiger partial charge on any atom is 0.490 e. The largest absolute Gasteiger partial charge is 0.490 e. The Kier molecular flexibility index (Phi) is 8.82. The lowest BCUT2D eigenvalue weighted by molar-refractivity contribution is -0.192. The summed E-state index contributed by atoms with van der Waals surface area (Å²) in [5.74, 6) is -2.16. The first-order valence-electron chi connectivity index (χ1n) is 10.4. The SMILES string of the molecule is Cc1ccc(-c2c(C#N)c(N)nc(NCCC3CCCN3C)c2C#N)cc1.O=C(O)C(F)(F)F. The van der Waals surface area contributed by atoms with Gasteiger partial charge in [-0.05, 0) is 45.3 Å². The Morgan fingerprint density at radius 1 is 1.26 bits per heavy atom. The summed E-state index contributed by atoms with van der Waals surface area (Å²) in [4.78, 5) is 15.6. The van der Waals surface area contributed by atoms with Crippen molar-refractivity contribution in [3.63, 3.8) is 0 Å². The van der Waals surface area contributed by atoms with Crippen LogP contribution in [0.15, 0.2) is 24.3 Å². The lowest BCUT2D eigenvalue weighted by Gasteiger charge is -2.20. The number of hydrogen-bond acceptors (Lipinski definition) is 7. The Morgan fingerprint density at radius 3 is 2.32 bits per heavy atom. The quantitative estimate of drug-likeness (QED) is 0.593. The molecule has 1 aliphatic heterocycles. The minimum Gasteiger partial charge on any atom is -0.475 e. The van der Waals surface area contributed by atoms with Crippen molar-refractivity contribution in [1.29, 1.82) is 10.5 Å². The summed E-state index contributed by atoms with van der Waals surface area (Å²) in [7, 11) is 2.14. The number of hydrogen-bond donors (Lipinski definition) is 3. The number of nitriles is 2. The normalized spacial score (nSPS) is 15.6. The van der Waals surface area contributed by atoms with Crippen molar-refractivity contribution in [3.8, 4) is 23.3 Å². The first-order valence-corrected chi connectivity index (χ1v) is 10.4. The van der Waals surface area contributed by atoms with E-state index in [4.69, 9.17) is 15.6 Å². The highest BCUT2D eigenvalue weighted by atomic mass is 19.4. The van der Waals surface area contributed by atoms with Gasteiger partial charge in [0.2, 0.25) is 0 Å². The first kappa shape index (κ1) is 26.4. The summed E-state index contributed by atoms with van der Waals surface area (Å²) < 4.78 is 31.7. The van der Waals surface area contributed by atoms with Gasteiger partial charge in [-0.3, -0.25) is 0 Å². The number of rotatable bonds is 5. The van der Waals surface area contributed by atoms with E-state index in [0.717, 1.165) is 24.1 Å². The van der Waals surface area contributed by atoms with Crippen molar-refractivity contribution in [3.05, 3.63) is 41.0 Å². The molecule has 34 heavy (non-hydrogen) atoms. The van der Waals surface area contributed by atoms with Crippen LogP contribution in [0.3, 0.4) is 0 Å². The van der Waals surface area contributed by atoms with Gasteiger partial charge >= 0.3 is 12.1 Å². The van der Waals surface area contributed by atoms with Crippen LogP contribution in [0.1, 0.15) is 36.0 Å². The predicted octanol–water partition coefficient (Wildman–Crippen LogP) is 3.91. The second-order valence-corrected chi connectivity index (χ2v) is 7.86. The number of nitrogens with two attached hydrogens (primary N) is 1. The van der Waals surface area contributed by atoms with E-state index >= 15 is 0 Å². The van der Waals surface area contributed by atoms with E-state index < -0.39 is 12.1 Å². The fraction of sp³-hybridized carbons (Fsp3) is 0.391. The zero-order valence-electron chi connectivity index (χ0n) is 18.8. The van der Waals surface area contributed by atoms with Crippen LogP contribution in [0, 0.1) is 29.6 Å². The fourth-order valence-electron chi connectivity index (χ4n) is 3.66. The monoisotopic (exact) mass is 474 g/mol. The van der Waals surface area contributed by atoms with Gasteiger partial charge in [0.25, 0.3) is 0 Å². The number of aryl methyl sites for hydroxylation is 1. The molecule has 8 nitrogen and oxygen atoms in total. The van der Waals surface area contributed by atoms with E-state index in [9.17, 15) is 23.7 Å². The van der Waals surface area contributed by atoms with Gasteiger partial charge < -0.3 is 21.1 Å². The lowest BCUT2D eigenvalue weighted by Crippen LogP contribution is -2.27. The molecule has 1 fully saturated rings. The number of benzene rings is 1. The predicted molar refractivity (Wildman–Crippen MR) is 121 cm³/mol. The third kappa shape index (κ3) is 6.59. The number of likely N-dealkylation sites (tertiary alicyclic amines) is 1. The van der Waals surface area contributed by atoms with Crippen LogP contribution >= 0.6 is 0 Å². The van der Waals surface area contributed by atoms with Crippen LogP contribution in [0.25, 0.3) is 11.1 Å². The molecule has 1 aromatic carbocycles. The maximum atomic E-state index is 10.6. The summed E-state index contributed by atoms with van der Waals surface area (Å²) in [6, 6.07) is 12.6. The number of carbonyl (C=O) groups is 1. The summed E-state index contributed by atoms with van der Waals surface area (Å²) in [5, 5.41) is 29.8. The Morgan fingerprint density at radius 2 is 1.85 bits per heavy atom. The van der Waals surface area contributed by atoms with Crippen molar-refractivity contribution >= 4 is 17.6 Å². The standard InChI is InChI=1S/C21H24N6.C2HF3O2/c1-14-5-7-15(8-6-14)19-17(12-22)20(24)26-21(18(19)13-23)25-10-9-16-4-3-11-27(16)2;3-2(4,5)1(6)7/h5-8,16H,3-4,9-11H2,1-2H3,(H3,24,25,26);(H,6,7). The Balaban J connectivity index is 0.000000509. The van der Waals surface area contributed by atoms with Crippen LogP contribution in [0.2, 0.25) is 0 Å². The zero-order valence-corrected chi connectivity index (χ0v) is 18.8. The summed E-state index contributed by atoms with van der Waals surface area (Å²) in [6.45, 7) is 3.83. The van der Waals surface area contributed by atoms with Crippen molar-refractivity contribution in [2.24, 2.45) is 0 Å². The van der Waals surface area contributed by atoms with Crippen LogP contribution in [-0.4, -0.2) is 53.3 Å². The molecule has 0 spiro atoms. The zero-order chi connectivity index (χ0) is 25.5. The van der Waals surface area contributed by atoms with Crippen molar-refractivity contribution in [2.75, 3.05) is 31.2 Å². The Bertz CT molecular complexity index is 1100.